The quantitative estimate of drug-likeness (QED) is 0.251. The van der Waals surface area contributed by atoms with E-state index in [1.54, 1.807) is 30.3 Å². The number of hydrogen-bond acceptors (Lipinski definition) is 6. The van der Waals surface area contributed by atoms with Gasteiger partial charge in [-0.3, -0.25) is 19.2 Å². The van der Waals surface area contributed by atoms with Crippen LogP contribution in [0, 0.1) is 0 Å². The number of aliphatic carboxylic acids is 2. The van der Waals surface area contributed by atoms with Gasteiger partial charge in [-0.25, -0.2) is 4.79 Å². The van der Waals surface area contributed by atoms with E-state index in [0.717, 1.165) is 0 Å². The molecule has 0 aliphatic rings. The fourth-order valence-corrected chi connectivity index (χ4v) is 2.41. The Balaban J connectivity index is 2.96. The normalized spacial score (nSPS) is 14.5. The minimum atomic E-state index is -1.67. The lowest BCUT2D eigenvalue weighted by molar-refractivity contribution is -0.147. The summed E-state index contributed by atoms with van der Waals surface area (Å²) in [6, 6.07) is 3.91. The van der Waals surface area contributed by atoms with Crippen LogP contribution < -0.4 is 21.7 Å². The number of nitrogens with two attached hydrogens (primary N) is 1. The highest BCUT2D eigenvalue weighted by Crippen LogP contribution is 2.05. The van der Waals surface area contributed by atoms with E-state index in [9.17, 15) is 24.0 Å². The monoisotopic (exact) mass is 422 g/mol. The molecule has 0 saturated carbocycles. The summed E-state index contributed by atoms with van der Waals surface area (Å²) in [7, 11) is 0. The van der Waals surface area contributed by atoms with Gasteiger partial charge in [0.05, 0.1) is 12.5 Å². The number of nitrogens with one attached hydrogen (secondary N) is 3. The first-order chi connectivity index (χ1) is 14.0. The second-order valence-corrected chi connectivity index (χ2v) is 6.77. The molecular formula is C19H26N4O7. The molecule has 0 radical (unpaired) electrons. The second-order valence-electron chi connectivity index (χ2n) is 6.77. The smallest absolute Gasteiger partial charge is 0.326 e. The van der Waals surface area contributed by atoms with E-state index in [2.05, 4.69) is 16.0 Å². The molecule has 3 amide bonds. The Morgan fingerprint density at radius 2 is 1.43 bits per heavy atom. The van der Waals surface area contributed by atoms with Crippen LogP contribution in [0.25, 0.3) is 0 Å². The average molecular weight is 422 g/mol. The highest BCUT2D eigenvalue weighted by Gasteiger charge is 2.29. The van der Waals surface area contributed by atoms with Gasteiger partial charge in [0.1, 0.15) is 18.1 Å². The highest BCUT2D eigenvalue weighted by atomic mass is 16.4. The third-order valence-corrected chi connectivity index (χ3v) is 4.07. The molecule has 1 aromatic rings. The van der Waals surface area contributed by atoms with E-state index in [4.69, 9.17) is 15.9 Å². The van der Waals surface area contributed by atoms with Crippen molar-refractivity contribution < 1.29 is 34.2 Å². The van der Waals surface area contributed by atoms with E-state index in [0.29, 0.717) is 5.56 Å². The number of benzene rings is 1. The minimum absolute atomic E-state index is 0.0196. The zero-order valence-corrected chi connectivity index (χ0v) is 16.6. The van der Waals surface area contributed by atoms with Crippen LogP contribution in [0.15, 0.2) is 30.3 Å². The summed E-state index contributed by atoms with van der Waals surface area (Å²) >= 11 is 0. The van der Waals surface area contributed by atoms with Gasteiger partial charge in [0, 0.05) is 6.42 Å². The van der Waals surface area contributed by atoms with Crippen molar-refractivity contribution in [2.24, 2.45) is 5.73 Å². The third-order valence-electron chi connectivity index (χ3n) is 4.07. The Hall–Kier alpha value is -3.47. The number of carboxylic acid groups (broad SMARTS) is 2. The zero-order chi connectivity index (χ0) is 22.8. The maximum Gasteiger partial charge on any atom is 0.326 e. The van der Waals surface area contributed by atoms with Gasteiger partial charge in [0.15, 0.2) is 0 Å². The number of carbonyl (C=O) groups is 5. The standard InChI is InChI=1S/C19H26N4O7/c1-10(20)16(26)21-11(2)17(27)22-13(8-12-6-4-3-5-7-12)18(28)23-14(19(29)30)9-15(24)25/h3-7,10-11,13-14H,8-9,20H2,1-2H3,(H,21,26)(H,22,27)(H,23,28)(H,24,25)(H,29,30). The molecule has 0 aromatic heterocycles. The molecular weight excluding hydrogens is 396 g/mol. The van der Waals surface area contributed by atoms with Gasteiger partial charge in [0.25, 0.3) is 0 Å². The molecule has 164 valence electrons. The van der Waals surface area contributed by atoms with Crippen LogP contribution in [0.3, 0.4) is 0 Å². The van der Waals surface area contributed by atoms with Gasteiger partial charge < -0.3 is 31.9 Å². The SMILES string of the molecule is CC(N)C(=O)NC(C)C(=O)NC(Cc1ccccc1)C(=O)NC(CC(=O)O)C(=O)O. The molecule has 1 aromatic carbocycles. The predicted molar refractivity (Wildman–Crippen MR) is 105 cm³/mol. The lowest BCUT2D eigenvalue weighted by Crippen LogP contribution is -2.56. The second kappa shape index (κ2) is 11.5. The number of carboxylic acids is 2. The van der Waals surface area contributed by atoms with Gasteiger partial charge in [-0.1, -0.05) is 30.3 Å². The van der Waals surface area contributed by atoms with Crippen molar-refractivity contribution in [2.45, 2.75) is 50.9 Å². The van der Waals surface area contributed by atoms with Crippen LogP contribution >= 0.6 is 0 Å². The van der Waals surface area contributed by atoms with Crippen LogP contribution in [0.5, 0.6) is 0 Å². The summed E-state index contributed by atoms with van der Waals surface area (Å²) in [5, 5.41) is 25.0. The topological polar surface area (TPSA) is 188 Å². The van der Waals surface area contributed by atoms with E-state index in [-0.39, 0.29) is 6.42 Å². The maximum absolute atomic E-state index is 12.6. The lowest BCUT2D eigenvalue weighted by Gasteiger charge is -2.23. The van der Waals surface area contributed by atoms with Crippen LogP contribution in [0.4, 0.5) is 0 Å². The lowest BCUT2D eigenvalue weighted by atomic mass is 10.0. The molecule has 0 aliphatic heterocycles. The predicted octanol–water partition coefficient (Wildman–Crippen LogP) is -1.39. The summed E-state index contributed by atoms with van der Waals surface area (Å²) in [4.78, 5) is 58.9. The molecule has 4 atom stereocenters. The summed E-state index contributed by atoms with van der Waals surface area (Å²) in [6.45, 7) is 2.84. The molecule has 7 N–H and O–H groups in total. The molecule has 1 rings (SSSR count). The fourth-order valence-electron chi connectivity index (χ4n) is 2.41. The highest BCUT2D eigenvalue weighted by molar-refractivity contribution is 5.94. The zero-order valence-electron chi connectivity index (χ0n) is 16.6. The van der Waals surface area contributed by atoms with Gasteiger partial charge in [-0.2, -0.15) is 0 Å². The number of amides is 3. The largest absolute Gasteiger partial charge is 0.481 e. The molecule has 30 heavy (non-hydrogen) atoms. The van der Waals surface area contributed by atoms with E-state index < -0.39 is 60.2 Å². The first-order valence-corrected chi connectivity index (χ1v) is 9.16. The fraction of sp³-hybridized carbons (Fsp3) is 0.421. The van der Waals surface area contributed by atoms with Crippen molar-refractivity contribution >= 4 is 29.7 Å². The summed E-state index contributed by atoms with van der Waals surface area (Å²) in [5.41, 5.74) is 6.12. The van der Waals surface area contributed by atoms with Crippen LogP contribution in [-0.4, -0.2) is 64.0 Å². The Labute approximate surface area is 173 Å². The Morgan fingerprint density at radius 1 is 0.867 bits per heavy atom. The molecule has 0 spiro atoms. The first kappa shape index (κ1) is 24.6. The van der Waals surface area contributed by atoms with Crippen molar-refractivity contribution in [2.75, 3.05) is 0 Å². The summed E-state index contributed by atoms with van der Waals surface area (Å²) in [6.07, 6.45) is -0.806. The van der Waals surface area contributed by atoms with E-state index in [1.807, 2.05) is 0 Å². The maximum atomic E-state index is 12.6. The van der Waals surface area contributed by atoms with Crippen LogP contribution in [0.1, 0.15) is 25.8 Å². The van der Waals surface area contributed by atoms with Gasteiger partial charge in [0.2, 0.25) is 17.7 Å². The van der Waals surface area contributed by atoms with Crippen molar-refractivity contribution in [3.8, 4) is 0 Å². The van der Waals surface area contributed by atoms with Gasteiger partial charge in [-0.15, -0.1) is 0 Å². The molecule has 0 aliphatic carbocycles. The number of rotatable bonds is 11. The van der Waals surface area contributed by atoms with Crippen molar-refractivity contribution in [3.63, 3.8) is 0 Å². The van der Waals surface area contributed by atoms with E-state index in [1.165, 1.54) is 13.8 Å². The molecule has 11 heteroatoms. The summed E-state index contributed by atoms with van der Waals surface area (Å²) < 4.78 is 0. The number of hydrogen-bond donors (Lipinski definition) is 6. The molecule has 11 nitrogen and oxygen atoms in total. The van der Waals surface area contributed by atoms with Crippen LogP contribution in [0.2, 0.25) is 0 Å². The Kier molecular flexibility index (Phi) is 9.43. The molecule has 4 unspecified atom stereocenters. The van der Waals surface area contributed by atoms with Crippen molar-refractivity contribution in [1.29, 1.82) is 0 Å². The molecule has 0 saturated heterocycles. The third kappa shape index (κ3) is 8.27. The van der Waals surface area contributed by atoms with Gasteiger partial charge >= 0.3 is 11.9 Å². The molecule has 0 fully saturated rings. The molecule has 0 bridgehead atoms. The van der Waals surface area contributed by atoms with Gasteiger partial charge in [-0.05, 0) is 19.4 Å². The Bertz CT molecular complexity index is 782. The van der Waals surface area contributed by atoms with Crippen molar-refractivity contribution in [1.82, 2.24) is 16.0 Å². The molecule has 0 heterocycles. The van der Waals surface area contributed by atoms with E-state index >= 15 is 0 Å². The Morgan fingerprint density at radius 3 is 1.93 bits per heavy atom. The van der Waals surface area contributed by atoms with Crippen molar-refractivity contribution in [3.05, 3.63) is 35.9 Å². The summed E-state index contributed by atoms with van der Waals surface area (Å²) in [5.74, 6) is -5.04. The first-order valence-electron chi connectivity index (χ1n) is 9.16. The minimum Gasteiger partial charge on any atom is -0.481 e. The van der Waals surface area contributed by atoms with Crippen LogP contribution in [-0.2, 0) is 30.4 Å². The number of carbonyl (C=O) groups excluding carboxylic acids is 3. The average Bonchev–Trinajstić information content (AvgIpc) is 2.66.